The molecule has 0 amide bonds. The van der Waals surface area contributed by atoms with Gasteiger partial charge in [0.2, 0.25) is 0 Å². The molecule has 0 spiro atoms. The average molecular weight is 585 g/mol. The molecule has 0 aliphatic carbocycles. The van der Waals surface area contributed by atoms with Crippen LogP contribution in [0.1, 0.15) is 0 Å². The second-order valence-electron chi connectivity index (χ2n) is 4.57. The first-order valence-corrected chi connectivity index (χ1v) is 19.5. The third-order valence-corrected chi connectivity index (χ3v) is 24.2. The van der Waals surface area contributed by atoms with E-state index in [0.29, 0.717) is 0 Å². The second-order valence-corrected chi connectivity index (χ2v) is 22.2. The quantitative estimate of drug-likeness (QED) is 0.278. The van der Waals surface area contributed by atoms with E-state index in [4.69, 9.17) is 12.6 Å². The maximum absolute atomic E-state index is 12.0. The SMILES string of the molecule is O=[Si]1[O][Al]2[O][Al]([O][Si]([O-])([O-])[O][Al]3[O][Al]4[O][Si](=O)O[Si]([O-])([O]4)[O]3)[O][Si]([O-])([O]2)O1.[Mg+2].[Mg+2]. The van der Waals surface area contributed by atoms with Crippen molar-refractivity contribution in [1.82, 2.24) is 0 Å². The Balaban J connectivity index is 0.00000150. The topological polar surface area (TPSA) is 237 Å². The summed E-state index contributed by atoms with van der Waals surface area (Å²) in [5, 5.41) is 0. The zero-order chi connectivity index (χ0) is 19.4. The van der Waals surface area contributed by atoms with Crippen molar-refractivity contribution in [2.75, 3.05) is 0 Å². The Labute approximate surface area is 219 Å². The van der Waals surface area contributed by atoms with Gasteiger partial charge in [0.1, 0.15) is 0 Å². The van der Waals surface area contributed by atoms with Crippen LogP contribution in [0.3, 0.4) is 0 Å². The van der Waals surface area contributed by atoms with Gasteiger partial charge in [0.05, 0.1) is 9.05 Å². The molecule has 4 saturated heterocycles. The van der Waals surface area contributed by atoms with Gasteiger partial charge in [-0.25, -0.2) is 0 Å². The van der Waals surface area contributed by atoms with E-state index in [1.807, 2.05) is 0 Å². The monoisotopic (exact) mass is 584 g/mol. The molecule has 4 rings (SSSR count). The van der Waals surface area contributed by atoms with Crippen molar-refractivity contribution in [1.29, 1.82) is 0 Å². The first-order chi connectivity index (χ1) is 12.5. The van der Waals surface area contributed by atoms with Crippen LogP contribution < -0.4 is 19.2 Å². The molecule has 2 unspecified atom stereocenters. The largest absolute Gasteiger partial charge is 2.00 e. The second kappa shape index (κ2) is 10.8. The summed E-state index contributed by atoms with van der Waals surface area (Å²) in [6.45, 7) is 0. The van der Waals surface area contributed by atoms with Crippen LogP contribution >= 0.6 is 0 Å². The van der Waals surface area contributed by atoms with Gasteiger partial charge >= 0.3 is 143 Å². The summed E-state index contributed by atoms with van der Waals surface area (Å²) in [6, 6.07) is 0. The molecule has 4 aliphatic heterocycles. The van der Waals surface area contributed by atoms with Crippen molar-refractivity contribution >= 4 is 152 Å². The maximum Gasteiger partial charge on any atom is 2.00 e. The zero-order valence-electron chi connectivity index (χ0n) is 13.6. The summed E-state index contributed by atoms with van der Waals surface area (Å²) >= 11 is -13.9. The fourth-order valence-corrected chi connectivity index (χ4v) is 26.0. The van der Waals surface area contributed by atoms with Crippen LogP contribution in [0.25, 0.3) is 0 Å². The van der Waals surface area contributed by atoms with Crippen molar-refractivity contribution in [3.05, 3.63) is 0 Å². The van der Waals surface area contributed by atoms with Gasteiger partial charge in [-0.1, -0.05) is 0 Å². The summed E-state index contributed by atoms with van der Waals surface area (Å²) < 4.78 is 78.2. The maximum atomic E-state index is 12.0. The Hall–Kier alpha value is 3.07. The molecule has 29 heteroatoms. The molecule has 4 aliphatic rings. The van der Waals surface area contributed by atoms with Crippen LogP contribution in [-0.4, -0.2) is 152 Å². The molecule has 0 radical (unpaired) electrons. The molecule has 144 valence electrons. The molecule has 0 aromatic heterocycles. The molecule has 0 aromatic carbocycles. The molecule has 0 N–H and O–H groups in total. The summed E-state index contributed by atoms with van der Waals surface area (Å²) in [4.78, 5) is 48.0. The minimum atomic E-state index is -5.61. The van der Waals surface area contributed by atoms with Crippen molar-refractivity contribution in [2.24, 2.45) is 0 Å². The molecular weight excluding hydrogens is 585 g/mol. The van der Waals surface area contributed by atoms with E-state index in [-0.39, 0.29) is 46.1 Å². The predicted octanol–water partition coefficient (Wildman–Crippen LogP) is -10.0. The van der Waals surface area contributed by atoms with Gasteiger partial charge in [-0.15, -0.1) is 0 Å². The van der Waals surface area contributed by atoms with Gasteiger partial charge in [0, 0.05) is 0 Å². The van der Waals surface area contributed by atoms with Crippen LogP contribution in [0, 0.1) is 0 Å². The van der Waals surface area contributed by atoms with Gasteiger partial charge in [-0.3, -0.25) is 8.92 Å². The molecule has 0 aromatic rings. The zero-order valence-corrected chi connectivity index (χ0v) is 26.0. The first-order valence-electron chi connectivity index (χ1n) is 6.50. The Morgan fingerprint density at radius 2 is 1.14 bits per heavy atom. The van der Waals surface area contributed by atoms with Gasteiger partial charge in [0.15, 0.2) is 0 Å². The van der Waals surface area contributed by atoms with Crippen molar-refractivity contribution in [2.45, 2.75) is 0 Å². The van der Waals surface area contributed by atoms with E-state index < -0.39 is 106 Å². The molecule has 18 nitrogen and oxygen atoms in total. The number of rotatable bonds is 4. The molecule has 0 saturated carbocycles. The standard InChI is InChI=1S/4Al.2Mg.2O6Si2.O4Si.2O/c;;;;;;2*1-7(2)6-8(3,4)5;1-5(2,3)4;;/q6*+2;3*-4;;. The molecule has 4 heterocycles. The average Bonchev–Trinajstić information content (AvgIpc) is 2.40. The Bertz CT molecular complexity index is 602. The van der Waals surface area contributed by atoms with Gasteiger partial charge in [-0.2, -0.15) is 0 Å². The van der Waals surface area contributed by atoms with Crippen molar-refractivity contribution in [3.63, 3.8) is 0 Å². The van der Waals surface area contributed by atoms with Crippen LogP contribution in [0.5, 0.6) is 0 Å². The fraction of sp³-hybridized carbons (Fsp3) is 0. The van der Waals surface area contributed by atoms with Crippen LogP contribution in [0.2, 0.25) is 0 Å². The van der Waals surface area contributed by atoms with Crippen molar-refractivity contribution in [3.8, 4) is 0 Å². The predicted molar refractivity (Wildman–Crippen MR) is 77.7 cm³/mol. The van der Waals surface area contributed by atoms with E-state index in [2.05, 4.69) is 29.1 Å². The van der Waals surface area contributed by atoms with Gasteiger partial charge in [-0.05, 0) is 0 Å². The summed E-state index contributed by atoms with van der Waals surface area (Å²) in [5.74, 6) is 0. The van der Waals surface area contributed by atoms with Crippen LogP contribution in [-0.2, 0) is 50.7 Å². The summed E-state index contributed by atoms with van der Waals surface area (Å²) in [7, 11) is -21.3. The molecule has 29 heavy (non-hydrogen) atoms. The molecule has 4 bridgehead atoms. The van der Waals surface area contributed by atoms with E-state index in [0.717, 1.165) is 0 Å². The van der Waals surface area contributed by atoms with Gasteiger partial charge < -0.3 is 60.9 Å². The smallest absolute Gasteiger partial charge is 0.831 e. The van der Waals surface area contributed by atoms with E-state index >= 15 is 0 Å². The number of hydrogen-bond acceptors (Lipinski definition) is 18. The first kappa shape index (κ1) is 28.3. The summed E-state index contributed by atoms with van der Waals surface area (Å²) in [6.07, 6.45) is 0. The summed E-state index contributed by atoms with van der Waals surface area (Å²) in [5.41, 5.74) is 0. The Kier molecular flexibility index (Phi) is 10.5. The Morgan fingerprint density at radius 3 is 1.48 bits per heavy atom. The van der Waals surface area contributed by atoms with Crippen LogP contribution in [0.15, 0.2) is 0 Å². The van der Waals surface area contributed by atoms with Crippen molar-refractivity contribution < 1.29 is 69.8 Å². The van der Waals surface area contributed by atoms with E-state index in [9.17, 15) is 28.1 Å². The Morgan fingerprint density at radius 1 is 0.759 bits per heavy atom. The third-order valence-electron chi connectivity index (χ3n) is 2.69. The number of fused-ring (bicyclic) bond motifs is 4. The number of hydrogen-bond donors (Lipinski definition) is 0. The van der Waals surface area contributed by atoms with Gasteiger partial charge in [0.25, 0.3) is 0 Å². The van der Waals surface area contributed by atoms with Crippen LogP contribution in [0.4, 0.5) is 0 Å². The molecular formula is Al4Mg2O18Si5. The molecule has 2 atom stereocenters. The minimum absolute atomic E-state index is 0. The van der Waals surface area contributed by atoms with E-state index in [1.165, 1.54) is 0 Å². The fourth-order valence-electron chi connectivity index (χ4n) is 1.80. The van der Waals surface area contributed by atoms with E-state index in [1.54, 1.807) is 0 Å². The normalized spacial score (nSPS) is 30.9. The third kappa shape index (κ3) is 7.52. The molecule has 4 fully saturated rings. The minimum Gasteiger partial charge on any atom is -0.831 e.